The smallest absolute Gasteiger partial charge is 0.311 e. The van der Waals surface area contributed by atoms with E-state index in [9.17, 15) is 24.5 Å². The number of anilines is 1. The Morgan fingerprint density at radius 1 is 1.21 bits per heavy atom. The van der Waals surface area contributed by atoms with Gasteiger partial charge in [0.05, 0.1) is 23.3 Å². The maximum Gasteiger partial charge on any atom is 0.311 e. The molecule has 2 N–H and O–H groups in total. The summed E-state index contributed by atoms with van der Waals surface area (Å²) >= 11 is 5.88. The van der Waals surface area contributed by atoms with Crippen molar-refractivity contribution >= 4 is 40.8 Å². The summed E-state index contributed by atoms with van der Waals surface area (Å²) < 4.78 is 5.08. The minimum absolute atomic E-state index is 0.0278. The second-order valence-corrected chi connectivity index (χ2v) is 6.10. The van der Waals surface area contributed by atoms with Gasteiger partial charge in [-0.05, 0) is 30.7 Å². The molecule has 2 aromatic carbocycles. The number of carboxylic acid groups (broad SMARTS) is 1. The maximum absolute atomic E-state index is 12.6. The highest BCUT2D eigenvalue weighted by Crippen LogP contribution is 2.31. The highest BCUT2D eigenvalue weighted by molar-refractivity contribution is 6.33. The average molecular weight is 407 g/mol. The number of hydrogen-bond acceptors (Lipinski definition) is 6. The van der Waals surface area contributed by atoms with E-state index in [1.54, 1.807) is 19.1 Å². The van der Waals surface area contributed by atoms with Gasteiger partial charge in [-0.1, -0.05) is 23.7 Å². The van der Waals surface area contributed by atoms with Crippen molar-refractivity contribution in [2.45, 2.75) is 19.8 Å². The lowest BCUT2D eigenvalue weighted by molar-refractivity contribution is -0.384. The fourth-order valence-corrected chi connectivity index (χ4v) is 2.49. The van der Waals surface area contributed by atoms with Crippen molar-refractivity contribution in [1.82, 2.24) is 0 Å². The Kier molecular flexibility index (Phi) is 6.67. The van der Waals surface area contributed by atoms with Crippen molar-refractivity contribution in [3.8, 4) is 5.75 Å². The molecule has 0 spiro atoms. The molecule has 9 nitrogen and oxygen atoms in total. The van der Waals surface area contributed by atoms with E-state index in [1.165, 1.54) is 24.3 Å². The number of rotatable bonds is 7. The van der Waals surface area contributed by atoms with Gasteiger partial charge in [-0.25, -0.2) is 0 Å². The molecule has 0 aliphatic carbocycles. The molecule has 0 atom stereocenters. The number of amides is 1. The zero-order valence-corrected chi connectivity index (χ0v) is 15.4. The summed E-state index contributed by atoms with van der Waals surface area (Å²) in [6.07, 6.45) is -0.740. The molecule has 0 aliphatic rings. The van der Waals surface area contributed by atoms with Gasteiger partial charge in [0, 0.05) is 11.8 Å². The highest BCUT2D eigenvalue weighted by atomic mass is 35.5. The van der Waals surface area contributed by atoms with E-state index in [0.717, 1.165) is 0 Å². The molecule has 0 bridgehead atoms. The van der Waals surface area contributed by atoms with Crippen LogP contribution in [0.5, 0.6) is 5.75 Å². The number of carbonyl (C=O) groups excluding carboxylic acids is 2. The molecular weight excluding hydrogens is 392 g/mol. The van der Waals surface area contributed by atoms with Crippen molar-refractivity contribution in [3.63, 3.8) is 0 Å². The molecular formula is C18H15ClN2O7. The number of aryl methyl sites for hydroxylation is 1. The Morgan fingerprint density at radius 3 is 2.54 bits per heavy atom. The monoisotopic (exact) mass is 406 g/mol. The minimum atomic E-state index is -1.14. The van der Waals surface area contributed by atoms with Crippen LogP contribution in [0, 0.1) is 17.0 Å². The number of carboxylic acids is 1. The van der Waals surface area contributed by atoms with E-state index in [4.69, 9.17) is 21.4 Å². The highest BCUT2D eigenvalue weighted by Gasteiger charge is 2.19. The first-order chi connectivity index (χ1) is 13.2. The van der Waals surface area contributed by atoms with Crippen molar-refractivity contribution in [2.75, 3.05) is 5.32 Å². The number of nitrogens with zero attached hydrogens (tertiary/aromatic N) is 1. The molecule has 2 rings (SSSR count). The van der Waals surface area contributed by atoms with Gasteiger partial charge in [-0.15, -0.1) is 0 Å². The van der Waals surface area contributed by atoms with Crippen LogP contribution < -0.4 is 10.1 Å². The third kappa shape index (κ3) is 5.27. The molecule has 0 aliphatic heterocycles. The Balaban J connectivity index is 2.22. The Bertz CT molecular complexity index is 959. The van der Waals surface area contributed by atoms with E-state index in [1.807, 2.05) is 0 Å². The van der Waals surface area contributed by atoms with Crippen LogP contribution in [0.2, 0.25) is 5.02 Å². The summed E-state index contributed by atoms with van der Waals surface area (Å²) in [4.78, 5) is 45.2. The number of benzene rings is 2. The second kappa shape index (κ2) is 8.96. The number of nitro groups is 1. The molecule has 0 unspecified atom stereocenters. The van der Waals surface area contributed by atoms with Crippen LogP contribution in [-0.2, 0) is 9.59 Å². The molecule has 28 heavy (non-hydrogen) atoms. The van der Waals surface area contributed by atoms with Crippen molar-refractivity contribution < 1.29 is 29.2 Å². The van der Waals surface area contributed by atoms with Gasteiger partial charge in [0.2, 0.25) is 0 Å². The van der Waals surface area contributed by atoms with E-state index in [2.05, 4.69) is 5.32 Å². The zero-order chi connectivity index (χ0) is 20.8. The third-order valence-corrected chi connectivity index (χ3v) is 3.94. The quantitative estimate of drug-likeness (QED) is 0.310. The van der Waals surface area contributed by atoms with Crippen molar-refractivity contribution in [1.29, 1.82) is 0 Å². The summed E-state index contributed by atoms with van der Waals surface area (Å²) in [6.45, 7) is 1.57. The zero-order valence-electron chi connectivity index (χ0n) is 14.6. The van der Waals surface area contributed by atoms with E-state index in [0.29, 0.717) is 5.56 Å². The van der Waals surface area contributed by atoms with Crippen LogP contribution in [0.25, 0.3) is 0 Å². The van der Waals surface area contributed by atoms with Crippen LogP contribution in [0.4, 0.5) is 11.4 Å². The second-order valence-electron chi connectivity index (χ2n) is 5.69. The molecule has 0 aromatic heterocycles. The predicted octanol–water partition coefficient (Wildman–Crippen LogP) is 3.58. The standard InChI is InChI=1S/C18H15ClN2O7/c1-10-8-14(21(26)27)12(19)9-13(10)20-18(25)11-4-2-3-5-15(11)28-17(24)7-6-16(22)23/h2-5,8-9H,6-7H2,1H3,(H,20,25)(H,22,23). The van der Waals surface area contributed by atoms with Gasteiger partial charge < -0.3 is 15.2 Å². The summed E-state index contributed by atoms with van der Waals surface area (Å²) in [7, 11) is 0. The number of para-hydroxylation sites is 1. The lowest BCUT2D eigenvalue weighted by Crippen LogP contribution is -2.17. The number of nitrogens with one attached hydrogen (secondary N) is 1. The molecule has 0 heterocycles. The SMILES string of the molecule is Cc1cc([N+](=O)[O-])c(Cl)cc1NC(=O)c1ccccc1OC(=O)CCC(=O)O. The van der Waals surface area contributed by atoms with Crippen LogP contribution in [-0.4, -0.2) is 27.9 Å². The largest absolute Gasteiger partial charge is 0.481 e. The van der Waals surface area contributed by atoms with E-state index in [-0.39, 0.29) is 34.1 Å². The molecule has 146 valence electrons. The Hall–Kier alpha value is -3.46. The first-order valence-corrected chi connectivity index (χ1v) is 8.34. The van der Waals surface area contributed by atoms with Gasteiger partial charge in [0.25, 0.3) is 11.6 Å². The maximum atomic E-state index is 12.6. The number of ether oxygens (including phenoxy) is 1. The first-order valence-electron chi connectivity index (χ1n) is 7.96. The fraction of sp³-hybridized carbons (Fsp3) is 0.167. The Labute approximate surface area is 164 Å². The number of aliphatic carboxylic acids is 1. The number of nitro benzene ring substituents is 1. The molecule has 1 amide bonds. The molecule has 0 fully saturated rings. The number of esters is 1. The first kappa shape index (κ1) is 20.8. The summed E-state index contributed by atoms with van der Waals surface area (Å²) in [5, 5.41) is 22.0. The minimum Gasteiger partial charge on any atom is -0.481 e. The predicted molar refractivity (Wildman–Crippen MR) is 99.7 cm³/mol. The lowest BCUT2D eigenvalue weighted by Gasteiger charge is -2.12. The molecule has 10 heteroatoms. The number of hydrogen-bond donors (Lipinski definition) is 2. The summed E-state index contributed by atoms with van der Waals surface area (Å²) in [5.41, 5.74) is 0.415. The van der Waals surface area contributed by atoms with Crippen molar-refractivity contribution in [2.24, 2.45) is 0 Å². The fourth-order valence-electron chi connectivity index (χ4n) is 2.26. The molecule has 2 aromatic rings. The van der Waals surface area contributed by atoms with Crippen molar-refractivity contribution in [3.05, 3.63) is 62.7 Å². The van der Waals surface area contributed by atoms with Gasteiger partial charge in [-0.3, -0.25) is 24.5 Å². The van der Waals surface area contributed by atoms with Crippen LogP contribution in [0.15, 0.2) is 36.4 Å². The van der Waals surface area contributed by atoms with Gasteiger partial charge in [-0.2, -0.15) is 0 Å². The molecule has 0 saturated heterocycles. The molecule has 0 radical (unpaired) electrons. The third-order valence-electron chi connectivity index (χ3n) is 3.64. The van der Waals surface area contributed by atoms with Crippen LogP contribution in [0.1, 0.15) is 28.8 Å². The number of halogens is 1. The van der Waals surface area contributed by atoms with Crippen LogP contribution in [0.3, 0.4) is 0 Å². The average Bonchev–Trinajstić information content (AvgIpc) is 2.62. The number of carbonyl (C=O) groups is 3. The van der Waals surface area contributed by atoms with Crippen LogP contribution >= 0.6 is 11.6 Å². The Morgan fingerprint density at radius 2 is 1.89 bits per heavy atom. The van der Waals surface area contributed by atoms with Gasteiger partial charge in [0.1, 0.15) is 10.8 Å². The van der Waals surface area contributed by atoms with E-state index >= 15 is 0 Å². The van der Waals surface area contributed by atoms with Gasteiger partial charge >= 0.3 is 11.9 Å². The van der Waals surface area contributed by atoms with Gasteiger partial charge in [0.15, 0.2) is 0 Å². The normalized spacial score (nSPS) is 10.2. The van der Waals surface area contributed by atoms with E-state index < -0.39 is 29.2 Å². The molecule has 0 saturated carbocycles. The topological polar surface area (TPSA) is 136 Å². The summed E-state index contributed by atoms with van der Waals surface area (Å²) in [6, 6.07) is 8.40. The lowest BCUT2D eigenvalue weighted by atomic mass is 10.1. The summed E-state index contributed by atoms with van der Waals surface area (Å²) in [5.74, 6) is -2.61.